The van der Waals surface area contributed by atoms with Gasteiger partial charge >= 0.3 is 0 Å². The number of aromatic nitrogens is 1. The standard InChI is InChI=1S/C13H20N4OS.HI/c1-5-15-12-9-16-11(6-10(12)7-14)8-17-19(18)13(2,3)4;/h6-9,14-15H,5H2,1-4H3;1H/b14-7?,17-8+;/t19-;/m1./s1. The third kappa shape index (κ3) is 5.66. The molecule has 112 valence electrons. The van der Waals surface area contributed by atoms with Crippen molar-refractivity contribution < 1.29 is 4.21 Å². The summed E-state index contributed by atoms with van der Waals surface area (Å²) >= 11 is 0. The van der Waals surface area contributed by atoms with Crippen molar-refractivity contribution in [1.29, 1.82) is 5.41 Å². The van der Waals surface area contributed by atoms with Crippen molar-refractivity contribution in [2.75, 3.05) is 11.9 Å². The molecule has 0 saturated carbocycles. The Morgan fingerprint density at radius 2 is 2.15 bits per heavy atom. The van der Waals surface area contributed by atoms with E-state index < -0.39 is 11.0 Å². The van der Waals surface area contributed by atoms with Gasteiger partial charge in [-0.2, -0.15) is 4.40 Å². The average molecular weight is 408 g/mol. The first-order valence-electron chi connectivity index (χ1n) is 6.09. The Hall–Kier alpha value is -0.830. The fourth-order valence-corrected chi connectivity index (χ4v) is 1.80. The Bertz CT molecular complexity index is 512. The topological polar surface area (TPSA) is 78.2 Å². The molecule has 0 saturated heterocycles. The molecule has 1 rings (SSSR count). The van der Waals surface area contributed by atoms with Crippen molar-refractivity contribution in [2.24, 2.45) is 4.40 Å². The predicted octanol–water partition coefficient (Wildman–Crippen LogP) is 3.01. The van der Waals surface area contributed by atoms with Gasteiger partial charge < -0.3 is 10.7 Å². The molecule has 1 heterocycles. The van der Waals surface area contributed by atoms with Crippen LogP contribution in [0.3, 0.4) is 0 Å². The summed E-state index contributed by atoms with van der Waals surface area (Å²) in [5, 5.41) is 10.5. The van der Waals surface area contributed by atoms with Crippen LogP contribution < -0.4 is 5.32 Å². The van der Waals surface area contributed by atoms with Gasteiger partial charge in [-0.15, -0.1) is 24.0 Å². The van der Waals surface area contributed by atoms with Crippen LogP contribution in [0.4, 0.5) is 5.69 Å². The molecule has 0 bridgehead atoms. The lowest BCUT2D eigenvalue weighted by Crippen LogP contribution is -2.19. The highest BCUT2D eigenvalue weighted by atomic mass is 127. The molecule has 0 aliphatic rings. The van der Waals surface area contributed by atoms with Crippen LogP contribution in [0.1, 0.15) is 39.0 Å². The zero-order valence-electron chi connectivity index (χ0n) is 12.1. The Morgan fingerprint density at radius 1 is 1.50 bits per heavy atom. The van der Waals surface area contributed by atoms with Crippen molar-refractivity contribution in [2.45, 2.75) is 32.4 Å². The molecule has 0 spiro atoms. The molecule has 0 aromatic carbocycles. The van der Waals surface area contributed by atoms with E-state index in [0.29, 0.717) is 5.69 Å². The summed E-state index contributed by atoms with van der Waals surface area (Å²) in [6.45, 7) is 8.35. The molecule has 7 heteroatoms. The molecule has 20 heavy (non-hydrogen) atoms. The molecular weight excluding hydrogens is 387 g/mol. The second kappa shape index (κ2) is 8.46. The van der Waals surface area contributed by atoms with E-state index in [-0.39, 0.29) is 28.7 Å². The first-order valence-corrected chi connectivity index (χ1v) is 7.19. The van der Waals surface area contributed by atoms with Gasteiger partial charge in [-0.1, -0.05) is 0 Å². The predicted molar refractivity (Wildman–Crippen MR) is 97.2 cm³/mol. The molecular formula is C13H21IN4OS. The van der Waals surface area contributed by atoms with E-state index in [9.17, 15) is 4.21 Å². The molecule has 0 unspecified atom stereocenters. The molecule has 1 aromatic heterocycles. The van der Waals surface area contributed by atoms with Crippen LogP contribution in [-0.2, 0) is 11.0 Å². The summed E-state index contributed by atoms with van der Waals surface area (Å²) in [6.07, 6.45) is 4.41. The largest absolute Gasteiger partial charge is 0.384 e. The maximum Gasteiger partial charge on any atom is 0.144 e. The van der Waals surface area contributed by atoms with Crippen LogP contribution in [0.2, 0.25) is 0 Å². The van der Waals surface area contributed by atoms with Crippen molar-refractivity contribution in [3.63, 3.8) is 0 Å². The summed E-state index contributed by atoms with van der Waals surface area (Å²) in [5.41, 5.74) is 2.14. The van der Waals surface area contributed by atoms with E-state index in [2.05, 4.69) is 14.7 Å². The highest BCUT2D eigenvalue weighted by Crippen LogP contribution is 2.14. The number of rotatable bonds is 5. The fraction of sp³-hybridized carbons (Fsp3) is 0.462. The molecule has 0 amide bonds. The monoisotopic (exact) mass is 408 g/mol. The number of nitrogens with zero attached hydrogens (tertiary/aromatic N) is 2. The second-order valence-electron chi connectivity index (χ2n) is 4.97. The lowest BCUT2D eigenvalue weighted by Gasteiger charge is -2.12. The lowest BCUT2D eigenvalue weighted by atomic mass is 10.2. The average Bonchev–Trinajstić information content (AvgIpc) is 2.36. The molecule has 0 radical (unpaired) electrons. The molecule has 0 aliphatic heterocycles. The third-order valence-electron chi connectivity index (χ3n) is 2.28. The number of pyridine rings is 1. The minimum absolute atomic E-state index is 0. The van der Waals surface area contributed by atoms with Gasteiger partial charge in [-0.25, -0.2) is 4.21 Å². The van der Waals surface area contributed by atoms with E-state index in [1.165, 1.54) is 12.4 Å². The molecule has 0 aliphatic carbocycles. The number of anilines is 1. The third-order valence-corrected chi connectivity index (χ3v) is 3.63. The van der Waals surface area contributed by atoms with Gasteiger partial charge in [0, 0.05) is 18.3 Å². The van der Waals surface area contributed by atoms with Gasteiger partial charge in [0.15, 0.2) is 0 Å². The Morgan fingerprint density at radius 3 is 2.65 bits per heavy atom. The van der Waals surface area contributed by atoms with Gasteiger partial charge in [-0.3, -0.25) is 4.98 Å². The van der Waals surface area contributed by atoms with Crippen LogP contribution in [0.5, 0.6) is 0 Å². The molecule has 5 nitrogen and oxygen atoms in total. The van der Waals surface area contributed by atoms with Crippen molar-refractivity contribution in [3.8, 4) is 0 Å². The van der Waals surface area contributed by atoms with Gasteiger partial charge in [-0.05, 0) is 33.8 Å². The van der Waals surface area contributed by atoms with Crippen molar-refractivity contribution in [3.05, 3.63) is 23.5 Å². The number of nitrogens with one attached hydrogen (secondary N) is 2. The van der Waals surface area contributed by atoms with E-state index in [0.717, 1.165) is 17.8 Å². The summed E-state index contributed by atoms with van der Waals surface area (Å²) < 4.78 is 15.4. The summed E-state index contributed by atoms with van der Waals surface area (Å²) in [5.74, 6) is 0. The fourth-order valence-electron chi connectivity index (χ4n) is 1.28. The Labute approximate surface area is 139 Å². The molecule has 2 N–H and O–H groups in total. The first-order chi connectivity index (χ1) is 8.88. The minimum atomic E-state index is -1.30. The number of halogens is 1. The van der Waals surface area contributed by atoms with E-state index in [4.69, 9.17) is 5.41 Å². The summed E-state index contributed by atoms with van der Waals surface area (Å²) in [7, 11) is -1.30. The maximum atomic E-state index is 11.8. The molecule has 0 fully saturated rings. The zero-order valence-corrected chi connectivity index (χ0v) is 15.3. The van der Waals surface area contributed by atoms with Crippen molar-refractivity contribution >= 4 is 53.1 Å². The normalized spacial score (nSPS) is 12.8. The molecule has 1 aromatic rings. The smallest absolute Gasteiger partial charge is 0.144 e. The van der Waals surface area contributed by atoms with Crippen LogP contribution in [0.15, 0.2) is 16.7 Å². The van der Waals surface area contributed by atoms with E-state index in [1.54, 1.807) is 12.3 Å². The summed E-state index contributed by atoms with van der Waals surface area (Å²) in [4.78, 5) is 4.21. The first kappa shape index (κ1) is 19.2. The van der Waals surface area contributed by atoms with E-state index in [1.807, 2.05) is 27.7 Å². The number of hydrogen-bond donors (Lipinski definition) is 2. The Balaban J connectivity index is 0.00000361. The van der Waals surface area contributed by atoms with Gasteiger partial charge in [0.2, 0.25) is 0 Å². The van der Waals surface area contributed by atoms with Gasteiger partial charge in [0.25, 0.3) is 0 Å². The Kier molecular flexibility index (Phi) is 8.10. The SMILES string of the molecule is CCNc1cnc(/C=N/[S@](=O)C(C)(C)C)cc1C=N.I. The van der Waals surface area contributed by atoms with Crippen LogP contribution in [0, 0.1) is 5.41 Å². The summed E-state index contributed by atoms with van der Waals surface area (Å²) in [6, 6.07) is 1.74. The second-order valence-corrected chi connectivity index (χ2v) is 6.90. The highest BCUT2D eigenvalue weighted by molar-refractivity contribution is 14.0. The molecule has 1 atom stereocenters. The van der Waals surface area contributed by atoms with Crippen molar-refractivity contribution in [1.82, 2.24) is 4.98 Å². The van der Waals surface area contributed by atoms with Crippen LogP contribution >= 0.6 is 24.0 Å². The van der Waals surface area contributed by atoms with Gasteiger partial charge in [0.05, 0.1) is 28.5 Å². The number of hydrogen-bond acceptors (Lipinski definition) is 4. The van der Waals surface area contributed by atoms with Gasteiger partial charge in [0.1, 0.15) is 11.0 Å². The highest BCUT2D eigenvalue weighted by Gasteiger charge is 2.18. The minimum Gasteiger partial charge on any atom is -0.384 e. The van der Waals surface area contributed by atoms with Crippen LogP contribution in [0.25, 0.3) is 0 Å². The lowest BCUT2D eigenvalue weighted by molar-refractivity contribution is 0.651. The quantitative estimate of drug-likeness (QED) is 0.581. The van der Waals surface area contributed by atoms with E-state index >= 15 is 0 Å². The van der Waals surface area contributed by atoms with Crippen LogP contribution in [-0.4, -0.2) is 32.9 Å². The maximum absolute atomic E-state index is 11.8. The zero-order chi connectivity index (χ0) is 14.5.